The number of benzene rings is 2. The zero-order valence-corrected chi connectivity index (χ0v) is 16.3. The van der Waals surface area contributed by atoms with Gasteiger partial charge < -0.3 is 19.7 Å². The van der Waals surface area contributed by atoms with Crippen molar-refractivity contribution in [3.8, 4) is 11.5 Å². The molecule has 0 saturated heterocycles. The number of rotatable bonds is 9. The van der Waals surface area contributed by atoms with Gasteiger partial charge in [0.15, 0.2) is 11.5 Å². The number of nitrogens with one attached hydrogen (secondary N) is 1. The van der Waals surface area contributed by atoms with Crippen molar-refractivity contribution in [3.63, 3.8) is 0 Å². The van der Waals surface area contributed by atoms with Crippen LogP contribution in [-0.2, 0) is 13.1 Å². The van der Waals surface area contributed by atoms with Crippen LogP contribution in [0.3, 0.4) is 0 Å². The van der Waals surface area contributed by atoms with E-state index in [2.05, 4.69) is 5.32 Å². The van der Waals surface area contributed by atoms with E-state index in [4.69, 9.17) is 9.47 Å². The van der Waals surface area contributed by atoms with Gasteiger partial charge in [0.05, 0.1) is 13.2 Å². The SMILES string of the molecule is CCOc1ccc(C(=O)NCc2ccc(F)c(CN(C)C)c2)cc1OCC. The average Bonchev–Trinajstić information content (AvgIpc) is 2.63. The molecule has 5 nitrogen and oxygen atoms in total. The molecule has 0 radical (unpaired) electrons. The van der Waals surface area contributed by atoms with Gasteiger partial charge in [-0.3, -0.25) is 4.79 Å². The van der Waals surface area contributed by atoms with E-state index in [-0.39, 0.29) is 11.7 Å². The first-order valence-corrected chi connectivity index (χ1v) is 9.04. The molecule has 0 bridgehead atoms. The minimum absolute atomic E-state index is 0.225. The summed E-state index contributed by atoms with van der Waals surface area (Å²) in [7, 11) is 3.77. The van der Waals surface area contributed by atoms with E-state index in [1.165, 1.54) is 6.07 Å². The highest BCUT2D eigenvalue weighted by molar-refractivity contribution is 5.94. The lowest BCUT2D eigenvalue weighted by Crippen LogP contribution is -2.23. The van der Waals surface area contributed by atoms with Crippen molar-refractivity contribution >= 4 is 5.91 Å². The van der Waals surface area contributed by atoms with Crippen LogP contribution in [-0.4, -0.2) is 38.1 Å². The van der Waals surface area contributed by atoms with Crippen LogP contribution in [0.1, 0.15) is 35.3 Å². The Labute approximate surface area is 160 Å². The molecule has 0 aliphatic carbocycles. The van der Waals surface area contributed by atoms with Crippen molar-refractivity contribution in [2.45, 2.75) is 26.9 Å². The number of halogens is 1. The Hall–Kier alpha value is -2.60. The van der Waals surface area contributed by atoms with Gasteiger partial charge in [-0.1, -0.05) is 6.07 Å². The second-order valence-electron chi connectivity index (χ2n) is 6.37. The summed E-state index contributed by atoms with van der Waals surface area (Å²) in [4.78, 5) is 14.4. The molecule has 0 fully saturated rings. The lowest BCUT2D eigenvalue weighted by Gasteiger charge is -2.14. The molecular weight excluding hydrogens is 347 g/mol. The second-order valence-corrected chi connectivity index (χ2v) is 6.37. The van der Waals surface area contributed by atoms with Crippen LogP contribution in [0, 0.1) is 5.82 Å². The van der Waals surface area contributed by atoms with Gasteiger partial charge in [-0.2, -0.15) is 0 Å². The number of carbonyl (C=O) groups is 1. The fourth-order valence-electron chi connectivity index (χ4n) is 2.68. The quantitative estimate of drug-likeness (QED) is 0.728. The van der Waals surface area contributed by atoms with Crippen LogP contribution in [0.5, 0.6) is 11.5 Å². The molecule has 27 heavy (non-hydrogen) atoms. The van der Waals surface area contributed by atoms with E-state index >= 15 is 0 Å². The predicted molar refractivity (Wildman–Crippen MR) is 104 cm³/mol. The Morgan fingerprint density at radius 3 is 2.41 bits per heavy atom. The highest BCUT2D eigenvalue weighted by Crippen LogP contribution is 2.28. The summed E-state index contributed by atoms with van der Waals surface area (Å²) in [5, 5.41) is 2.86. The Morgan fingerprint density at radius 2 is 1.74 bits per heavy atom. The summed E-state index contributed by atoms with van der Waals surface area (Å²) >= 11 is 0. The molecular formula is C21H27FN2O3. The van der Waals surface area contributed by atoms with Crippen LogP contribution >= 0.6 is 0 Å². The van der Waals surface area contributed by atoms with E-state index in [1.807, 2.05) is 32.8 Å². The number of hydrogen-bond donors (Lipinski definition) is 1. The predicted octanol–water partition coefficient (Wildman–Crippen LogP) is 3.61. The third-order valence-corrected chi connectivity index (χ3v) is 3.86. The Bertz CT molecular complexity index is 778. The van der Waals surface area contributed by atoms with Crippen LogP contribution in [0.25, 0.3) is 0 Å². The first kappa shape index (κ1) is 20.7. The van der Waals surface area contributed by atoms with Crippen molar-refractivity contribution in [2.75, 3.05) is 27.3 Å². The van der Waals surface area contributed by atoms with Gasteiger partial charge in [-0.05, 0) is 63.8 Å². The second kappa shape index (κ2) is 9.92. The molecule has 0 unspecified atom stereocenters. The molecule has 1 N–H and O–H groups in total. The maximum Gasteiger partial charge on any atom is 0.251 e. The topological polar surface area (TPSA) is 50.8 Å². The third kappa shape index (κ3) is 5.96. The normalized spacial score (nSPS) is 10.7. The van der Waals surface area contributed by atoms with Crippen molar-refractivity contribution in [3.05, 3.63) is 58.9 Å². The van der Waals surface area contributed by atoms with Crippen LogP contribution in [0.15, 0.2) is 36.4 Å². The van der Waals surface area contributed by atoms with Gasteiger partial charge >= 0.3 is 0 Å². The van der Waals surface area contributed by atoms with Crippen LogP contribution in [0.4, 0.5) is 4.39 Å². The van der Waals surface area contributed by atoms with Crippen molar-refractivity contribution < 1.29 is 18.7 Å². The Balaban J connectivity index is 2.08. The van der Waals surface area contributed by atoms with Gasteiger partial charge in [0.2, 0.25) is 0 Å². The maximum absolute atomic E-state index is 13.9. The first-order chi connectivity index (χ1) is 12.9. The molecule has 2 aromatic carbocycles. The van der Waals surface area contributed by atoms with E-state index in [0.717, 1.165) is 5.56 Å². The lowest BCUT2D eigenvalue weighted by molar-refractivity contribution is 0.0950. The van der Waals surface area contributed by atoms with Gasteiger partial charge in [-0.15, -0.1) is 0 Å². The van der Waals surface area contributed by atoms with Crippen molar-refractivity contribution in [2.24, 2.45) is 0 Å². The molecule has 2 aromatic rings. The van der Waals surface area contributed by atoms with Gasteiger partial charge in [0.1, 0.15) is 5.82 Å². The van der Waals surface area contributed by atoms with Crippen LogP contribution < -0.4 is 14.8 Å². The minimum Gasteiger partial charge on any atom is -0.490 e. The fraction of sp³-hybridized carbons (Fsp3) is 0.381. The Kier molecular flexibility index (Phi) is 7.61. The van der Waals surface area contributed by atoms with E-state index < -0.39 is 0 Å². The summed E-state index contributed by atoms with van der Waals surface area (Å²) in [6.07, 6.45) is 0. The smallest absolute Gasteiger partial charge is 0.251 e. The van der Waals surface area contributed by atoms with Crippen molar-refractivity contribution in [1.82, 2.24) is 10.2 Å². The molecule has 0 aliphatic heterocycles. The molecule has 0 atom stereocenters. The van der Waals surface area contributed by atoms with Gasteiger partial charge in [0, 0.05) is 24.2 Å². The zero-order chi connectivity index (χ0) is 19.8. The summed E-state index contributed by atoms with van der Waals surface area (Å²) in [5.41, 5.74) is 1.93. The lowest BCUT2D eigenvalue weighted by atomic mass is 10.1. The number of nitrogens with zero attached hydrogens (tertiary/aromatic N) is 1. The first-order valence-electron chi connectivity index (χ1n) is 9.04. The minimum atomic E-state index is -0.244. The van der Waals surface area contributed by atoms with E-state index in [9.17, 15) is 9.18 Å². The molecule has 0 saturated carbocycles. The molecule has 0 aromatic heterocycles. The average molecular weight is 374 g/mol. The summed E-state index contributed by atoms with van der Waals surface area (Å²) < 4.78 is 24.9. The monoisotopic (exact) mass is 374 g/mol. The van der Waals surface area contributed by atoms with Crippen LogP contribution in [0.2, 0.25) is 0 Å². The summed E-state index contributed by atoms with van der Waals surface area (Å²) in [6, 6.07) is 10.00. The van der Waals surface area contributed by atoms with E-state index in [1.54, 1.807) is 30.3 Å². The fourth-order valence-corrected chi connectivity index (χ4v) is 2.68. The highest BCUT2D eigenvalue weighted by atomic mass is 19.1. The largest absolute Gasteiger partial charge is 0.490 e. The molecule has 0 aliphatic rings. The van der Waals surface area contributed by atoms with Gasteiger partial charge in [0.25, 0.3) is 5.91 Å². The summed E-state index contributed by atoms with van der Waals surface area (Å²) in [5.74, 6) is 0.689. The maximum atomic E-state index is 13.9. The number of hydrogen-bond acceptors (Lipinski definition) is 4. The molecule has 146 valence electrons. The number of amides is 1. The zero-order valence-electron chi connectivity index (χ0n) is 16.3. The highest BCUT2D eigenvalue weighted by Gasteiger charge is 2.12. The van der Waals surface area contributed by atoms with Crippen molar-refractivity contribution in [1.29, 1.82) is 0 Å². The number of ether oxygens (including phenoxy) is 2. The number of carbonyl (C=O) groups excluding carboxylic acids is 1. The van der Waals surface area contributed by atoms with E-state index in [0.29, 0.717) is 48.9 Å². The molecule has 6 heteroatoms. The third-order valence-electron chi connectivity index (χ3n) is 3.86. The summed E-state index contributed by atoms with van der Waals surface area (Å²) in [6.45, 7) is 5.59. The Morgan fingerprint density at radius 1 is 1.04 bits per heavy atom. The molecule has 1 amide bonds. The van der Waals surface area contributed by atoms with Gasteiger partial charge in [-0.25, -0.2) is 4.39 Å². The molecule has 0 heterocycles. The molecule has 0 spiro atoms. The standard InChI is InChI=1S/C21H27FN2O3/c1-5-26-19-10-8-16(12-20(19)27-6-2)21(25)23-13-15-7-9-18(22)17(11-15)14-24(3)4/h7-12H,5-6,13-14H2,1-4H3,(H,23,25). The molecule has 2 rings (SSSR count).